The van der Waals surface area contributed by atoms with Crippen LogP contribution >= 0.6 is 0 Å². The number of carboxylic acids is 1. The fourth-order valence-corrected chi connectivity index (χ4v) is 1.67. The van der Waals surface area contributed by atoms with Crippen LogP contribution in [0.25, 0.3) is 6.08 Å². The highest BCUT2D eigenvalue weighted by Crippen LogP contribution is 2.03. The molecule has 1 aromatic rings. The van der Waals surface area contributed by atoms with Gasteiger partial charge in [0.05, 0.1) is 0 Å². The lowest BCUT2D eigenvalue weighted by Gasteiger charge is -1.99. The van der Waals surface area contributed by atoms with Crippen LogP contribution in [0, 0.1) is 0 Å². The van der Waals surface area contributed by atoms with Crippen LogP contribution in [0.3, 0.4) is 0 Å². The van der Waals surface area contributed by atoms with Crippen molar-refractivity contribution in [2.75, 3.05) is 0 Å². The topological polar surface area (TPSA) is 78.8 Å². The Morgan fingerprint density at radius 2 is 1.81 bits per heavy atom. The van der Waals surface area contributed by atoms with E-state index >= 15 is 0 Å². The van der Waals surface area contributed by atoms with Crippen molar-refractivity contribution in [3.63, 3.8) is 0 Å². The van der Waals surface area contributed by atoms with Gasteiger partial charge in [-0.2, -0.15) is 5.10 Å². The molecule has 112 valence electrons. The van der Waals surface area contributed by atoms with E-state index in [0.717, 1.165) is 12.0 Å². The molecule has 0 unspecified atom stereocenters. The number of allylic oxidation sites excluding steroid dienone is 1. The molecule has 0 atom stereocenters. The van der Waals surface area contributed by atoms with Gasteiger partial charge in [0.15, 0.2) is 0 Å². The summed E-state index contributed by atoms with van der Waals surface area (Å²) in [5, 5.41) is 12.3. The number of carbonyl (C=O) groups excluding carboxylic acids is 1. The summed E-state index contributed by atoms with van der Waals surface area (Å²) in [5.41, 5.74) is 3.50. The average molecular weight is 288 g/mol. The van der Waals surface area contributed by atoms with Crippen molar-refractivity contribution < 1.29 is 14.7 Å². The van der Waals surface area contributed by atoms with Gasteiger partial charge in [-0.1, -0.05) is 42.8 Å². The molecule has 0 aliphatic carbocycles. The molecule has 0 saturated carbocycles. The van der Waals surface area contributed by atoms with E-state index in [-0.39, 0.29) is 12.3 Å². The van der Waals surface area contributed by atoms with Crippen molar-refractivity contribution in [1.29, 1.82) is 0 Å². The maximum absolute atomic E-state index is 11.4. The summed E-state index contributed by atoms with van der Waals surface area (Å²) in [4.78, 5) is 21.7. The third-order valence-corrected chi connectivity index (χ3v) is 2.73. The lowest BCUT2D eigenvalue weighted by molar-refractivity contribution is -0.137. The van der Waals surface area contributed by atoms with Crippen LogP contribution in [0.15, 0.2) is 41.5 Å². The minimum absolute atomic E-state index is 0.157. The van der Waals surface area contributed by atoms with E-state index in [1.807, 2.05) is 36.4 Å². The lowest BCUT2D eigenvalue weighted by atomic mass is 10.1. The van der Waals surface area contributed by atoms with Crippen molar-refractivity contribution in [3.8, 4) is 0 Å². The number of rotatable bonds is 9. The minimum Gasteiger partial charge on any atom is -0.481 e. The van der Waals surface area contributed by atoms with Gasteiger partial charge in [-0.25, -0.2) is 5.43 Å². The molecule has 0 aliphatic rings. The van der Waals surface area contributed by atoms with Gasteiger partial charge < -0.3 is 5.11 Å². The molecule has 5 nitrogen and oxygen atoms in total. The van der Waals surface area contributed by atoms with Crippen molar-refractivity contribution in [1.82, 2.24) is 5.43 Å². The molecule has 1 aromatic carbocycles. The molecule has 2 N–H and O–H groups in total. The lowest BCUT2D eigenvalue weighted by Crippen LogP contribution is -2.16. The Kier molecular flexibility index (Phi) is 8.21. The molecular formula is C16H20N2O3. The van der Waals surface area contributed by atoms with E-state index in [1.54, 1.807) is 6.08 Å². The molecule has 0 radical (unpaired) electrons. The summed E-state index contributed by atoms with van der Waals surface area (Å²) in [6, 6.07) is 9.79. The third-order valence-electron chi connectivity index (χ3n) is 2.73. The fourth-order valence-electron chi connectivity index (χ4n) is 1.67. The number of benzene rings is 1. The summed E-state index contributed by atoms with van der Waals surface area (Å²) in [6.45, 7) is 0. The van der Waals surface area contributed by atoms with Gasteiger partial charge in [-0.15, -0.1) is 0 Å². The largest absolute Gasteiger partial charge is 0.481 e. The first-order valence-electron chi connectivity index (χ1n) is 6.94. The number of unbranched alkanes of at least 4 members (excludes halogenated alkanes) is 2. The monoisotopic (exact) mass is 288 g/mol. The highest BCUT2D eigenvalue weighted by Gasteiger charge is 2.00. The maximum Gasteiger partial charge on any atom is 0.303 e. The Hall–Kier alpha value is -2.43. The van der Waals surface area contributed by atoms with Gasteiger partial charge in [0.25, 0.3) is 0 Å². The number of nitrogens with zero attached hydrogens (tertiary/aromatic N) is 1. The first-order chi connectivity index (χ1) is 10.2. The van der Waals surface area contributed by atoms with Crippen molar-refractivity contribution in [2.45, 2.75) is 32.1 Å². The molecule has 0 saturated heterocycles. The van der Waals surface area contributed by atoms with Gasteiger partial charge in [-0.05, 0) is 24.5 Å². The summed E-state index contributed by atoms with van der Waals surface area (Å²) >= 11 is 0. The molecule has 21 heavy (non-hydrogen) atoms. The van der Waals surface area contributed by atoms with Gasteiger partial charge >= 0.3 is 5.97 Å². The van der Waals surface area contributed by atoms with Gasteiger partial charge in [0.2, 0.25) is 5.91 Å². The van der Waals surface area contributed by atoms with Gasteiger partial charge in [-0.3, -0.25) is 9.59 Å². The zero-order valence-corrected chi connectivity index (χ0v) is 11.9. The standard InChI is InChI=1S/C16H20N2O3/c19-15(11-5-2-6-12-16(20)21)18-17-13-7-10-14-8-3-1-4-9-14/h1,3-4,7-10,13H,2,5-6,11-12H2,(H,18,19)(H,20,21)/b10-7+,17-13+. The first kappa shape index (κ1) is 16.6. The fraction of sp³-hybridized carbons (Fsp3) is 0.312. The second-order valence-corrected chi connectivity index (χ2v) is 4.54. The molecule has 1 amide bonds. The smallest absolute Gasteiger partial charge is 0.303 e. The Labute approximate surface area is 124 Å². The first-order valence-corrected chi connectivity index (χ1v) is 6.94. The Morgan fingerprint density at radius 3 is 2.52 bits per heavy atom. The predicted octanol–water partition coefficient (Wildman–Crippen LogP) is 2.84. The maximum atomic E-state index is 11.4. The summed E-state index contributed by atoms with van der Waals surface area (Å²) in [5.74, 6) is -0.955. The predicted molar refractivity (Wildman–Crippen MR) is 82.8 cm³/mol. The SMILES string of the molecule is O=C(O)CCCCCC(=O)N/N=C/C=C/c1ccccc1. The van der Waals surface area contributed by atoms with Crippen molar-refractivity contribution in [3.05, 3.63) is 42.0 Å². The number of aliphatic carboxylic acids is 1. The minimum atomic E-state index is -0.797. The quantitative estimate of drug-likeness (QED) is 0.416. The molecule has 5 heteroatoms. The Morgan fingerprint density at radius 1 is 1.10 bits per heavy atom. The Bertz CT molecular complexity index is 496. The van der Waals surface area contributed by atoms with Crippen LogP contribution in [0.5, 0.6) is 0 Å². The summed E-state index contributed by atoms with van der Waals surface area (Å²) < 4.78 is 0. The average Bonchev–Trinajstić information content (AvgIpc) is 2.47. The highest BCUT2D eigenvalue weighted by molar-refractivity contribution is 5.81. The molecule has 0 fully saturated rings. The van der Waals surface area contributed by atoms with Gasteiger partial charge in [0, 0.05) is 19.1 Å². The second kappa shape index (κ2) is 10.4. The van der Waals surface area contributed by atoms with E-state index in [1.165, 1.54) is 6.21 Å². The van der Waals surface area contributed by atoms with Crippen molar-refractivity contribution >= 4 is 24.2 Å². The molecule has 0 heterocycles. The number of nitrogens with one attached hydrogen (secondary N) is 1. The number of hydrogen-bond acceptors (Lipinski definition) is 3. The second-order valence-electron chi connectivity index (χ2n) is 4.54. The van der Waals surface area contributed by atoms with E-state index in [4.69, 9.17) is 5.11 Å². The van der Waals surface area contributed by atoms with Crippen LogP contribution in [-0.4, -0.2) is 23.2 Å². The summed E-state index contributed by atoms with van der Waals surface area (Å²) in [6.07, 6.45) is 7.69. The van der Waals surface area contributed by atoms with E-state index < -0.39 is 5.97 Å². The Balaban J connectivity index is 2.11. The number of hydrogen-bond donors (Lipinski definition) is 2. The molecule has 0 bridgehead atoms. The van der Waals surface area contributed by atoms with Crippen LogP contribution in [0.1, 0.15) is 37.7 Å². The van der Waals surface area contributed by atoms with Crippen LogP contribution in [-0.2, 0) is 9.59 Å². The van der Waals surface area contributed by atoms with E-state index in [0.29, 0.717) is 19.3 Å². The van der Waals surface area contributed by atoms with Crippen molar-refractivity contribution in [2.24, 2.45) is 5.10 Å². The molecule has 0 aromatic heterocycles. The highest BCUT2D eigenvalue weighted by atomic mass is 16.4. The molecule has 0 spiro atoms. The number of carboxylic acid groups (broad SMARTS) is 1. The molecule has 0 aliphatic heterocycles. The number of amides is 1. The van der Waals surface area contributed by atoms with Crippen LogP contribution < -0.4 is 5.43 Å². The molecule has 1 rings (SSSR count). The van der Waals surface area contributed by atoms with Crippen LogP contribution in [0.4, 0.5) is 0 Å². The number of hydrazone groups is 1. The zero-order valence-electron chi connectivity index (χ0n) is 11.9. The van der Waals surface area contributed by atoms with E-state index in [2.05, 4.69) is 10.5 Å². The third kappa shape index (κ3) is 9.15. The van der Waals surface area contributed by atoms with E-state index in [9.17, 15) is 9.59 Å². The zero-order chi connectivity index (χ0) is 15.3. The van der Waals surface area contributed by atoms with Gasteiger partial charge in [0.1, 0.15) is 0 Å². The molecular weight excluding hydrogens is 268 g/mol. The normalized spacial score (nSPS) is 11.0. The summed E-state index contributed by atoms with van der Waals surface area (Å²) in [7, 11) is 0. The number of carbonyl (C=O) groups is 2. The van der Waals surface area contributed by atoms with Crippen LogP contribution in [0.2, 0.25) is 0 Å².